The largest absolute Gasteiger partial charge is 0.497 e. The molecule has 2 N–H and O–H groups in total. The van der Waals surface area contributed by atoms with Gasteiger partial charge in [0, 0.05) is 27.1 Å². The van der Waals surface area contributed by atoms with Crippen LogP contribution in [0.25, 0.3) is 0 Å². The topological polar surface area (TPSA) is 35.2 Å². The minimum Gasteiger partial charge on any atom is -0.497 e. The number of benzene rings is 2. The third-order valence-corrected chi connectivity index (χ3v) is 5.94. The molecule has 2 atom stereocenters. The van der Waals surface area contributed by atoms with Crippen LogP contribution in [-0.2, 0) is 6.42 Å². The second kappa shape index (κ2) is 6.42. The van der Waals surface area contributed by atoms with Gasteiger partial charge in [-0.05, 0) is 41.8 Å². The number of rotatable bonds is 4. The first kappa shape index (κ1) is 14.9. The third kappa shape index (κ3) is 3.12. The Labute approximate surface area is 138 Å². The van der Waals surface area contributed by atoms with Crippen molar-refractivity contribution in [1.29, 1.82) is 0 Å². The first-order valence-electron chi connectivity index (χ1n) is 6.98. The highest BCUT2D eigenvalue weighted by Gasteiger charge is 2.28. The normalized spacial score (nSPS) is 18.3. The van der Waals surface area contributed by atoms with Gasteiger partial charge in [-0.1, -0.05) is 34.1 Å². The molecular weight excluding hydrogens is 346 g/mol. The van der Waals surface area contributed by atoms with Crippen molar-refractivity contribution in [2.45, 2.75) is 23.3 Å². The summed E-state index contributed by atoms with van der Waals surface area (Å²) in [5.41, 5.74) is 9.11. The summed E-state index contributed by atoms with van der Waals surface area (Å²) in [5.74, 6) is 2.37. The fraction of sp³-hybridized carbons (Fsp3) is 0.294. The second-order valence-electron chi connectivity index (χ2n) is 5.28. The number of nitrogens with two attached hydrogens (primary N) is 1. The summed E-state index contributed by atoms with van der Waals surface area (Å²) < 4.78 is 6.40. The summed E-state index contributed by atoms with van der Waals surface area (Å²) >= 11 is 5.52. The molecule has 0 saturated heterocycles. The second-order valence-corrected chi connectivity index (χ2v) is 7.20. The fourth-order valence-electron chi connectivity index (χ4n) is 2.77. The molecule has 0 amide bonds. The summed E-state index contributed by atoms with van der Waals surface area (Å²) in [4.78, 5) is 1.38. The summed E-state index contributed by atoms with van der Waals surface area (Å²) in [6.07, 6.45) is 0.845. The zero-order chi connectivity index (χ0) is 14.8. The van der Waals surface area contributed by atoms with Crippen molar-refractivity contribution in [3.63, 3.8) is 0 Å². The van der Waals surface area contributed by atoms with Gasteiger partial charge in [0.05, 0.1) is 7.11 Å². The minimum atomic E-state index is 0.115. The van der Waals surface area contributed by atoms with Crippen molar-refractivity contribution in [2.75, 3.05) is 12.9 Å². The van der Waals surface area contributed by atoms with E-state index in [2.05, 4.69) is 46.3 Å². The molecule has 0 bridgehead atoms. The molecule has 0 fully saturated rings. The van der Waals surface area contributed by atoms with Gasteiger partial charge in [-0.3, -0.25) is 0 Å². The maximum atomic E-state index is 6.51. The Morgan fingerprint density at radius 2 is 2.14 bits per heavy atom. The molecule has 2 unspecified atom stereocenters. The van der Waals surface area contributed by atoms with E-state index < -0.39 is 0 Å². The molecule has 0 aliphatic carbocycles. The average molecular weight is 364 g/mol. The first-order valence-corrected chi connectivity index (χ1v) is 8.76. The van der Waals surface area contributed by atoms with Crippen molar-refractivity contribution < 1.29 is 4.74 Å². The Kier molecular flexibility index (Phi) is 4.57. The number of methoxy groups -OCH3 is 1. The maximum Gasteiger partial charge on any atom is 0.119 e. The molecule has 110 valence electrons. The Morgan fingerprint density at radius 3 is 2.95 bits per heavy atom. The van der Waals surface area contributed by atoms with Gasteiger partial charge in [-0.25, -0.2) is 0 Å². The Hall–Kier alpha value is -0.970. The number of hydrogen-bond acceptors (Lipinski definition) is 3. The maximum absolute atomic E-state index is 6.51. The molecular formula is C17H18BrNOS. The van der Waals surface area contributed by atoms with E-state index in [0.717, 1.165) is 22.4 Å². The molecule has 21 heavy (non-hydrogen) atoms. The van der Waals surface area contributed by atoms with Crippen LogP contribution in [0, 0.1) is 0 Å². The lowest BCUT2D eigenvalue weighted by molar-refractivity contribution is 0.414. The van der Waals surface area contributed by atoms with Crippen LogP contribution in [0.3, 0.4) is 0 Å². The van der Waals surface area contributed by atoms with Crippen LogP contribution in [0.4, 0.5) is 0 Å². The smallest absolute Gasteiger partial charge is 0.119 e. The molecule has 3 rings (SSSR count). The van der Waals surface area contributed by atoms with Gasteiger partial charge in [-0.2, -0.15) is 0 Å². The van der Waals surface area contributed by atoms with Crippen LogP contribution in [-0.4, -0.2) is 18.9 Å². The van der Waals surface area contributed by atoms with Gasteiger partial charge in [0.1, 0.15) is 5.75 Å². The zero-order valence-electron chi connectivity index (χ0n) is 11.9. The van der Waals surface area contributed by atoms with Crippen molar-refractivity contribution in [2.24, 2.45) is 5.73 Å². The number of halogens is 1. The summed E-state index contributed by atoms with van der Waals surface area (Å²) in [7, 11) is 1.69. The fourth-order valence-corrected chi connectivity index (χ4v) is 4.53. The van der Waals surface area contributed by atoms with Crippen LogP contribution in [0.5, 0.6) is 5.75 Å². The van der Waals surface area contributed by atoms with Crippen molar-refractivity contribution >= 4 is 27.7 Å². The Bertz CT molecular complexity index is 646. The van der Waals surface area contributed by atoms with Crippen LogP contribution in [0.2, 0.25) is 0 Å². The SMILES string of the molecule is COc1ccc(Br)c(CC(N)C2CSc3ccccc32)c1. The Morgan fingerprint density at radius 1 is 1.33 bits per heavy atom. The summed E-state index contributed by atoms with van der Waals surface area (Å²) in [6.45, 7) is 0. The van der Waals surface area contributed by atoms with Gasteiger partial charge in [0.2, 0.25) is 0 Å². The van der Waals surface area contributed by atoms with Crippen LogP contribution >= 0.6 is 27.7 Å². The van der Waals surface area contributed by atoms with Crippen LogP contribution < -0.4 is 10.5 Å². The number of hydrogen-bond donors (Lipinski definition) is 1. The molecule has 2 nitrogen and oxygen atoms in total. The standard InChI is InChI=1S/C17H18BrNOS/c1-20-12-6-7-15(18)11(8-12)9-16(19)14-10-21-17-5-3-2-4-13(14)17/h2-8,14,16H,9-10,19H2,1H3. The van der Waals surface area contributed by atoms with Gasteiger partial charge < -0.3 is 10.5 Å². The van der Waals surface area contributed by atoms with Crippen molar-refractivity contribution in [3.8, 4) is 5.75 Å². The molecule has 1 heterocycles. The highest BCUT2D eigenvalue weighted by Crippen LogP contribution is 2.41. The van der Waals surface area contributed by atoms with E-state index >= 15 is 0 Å². The molecule has 0 radical (unpaired) electrons. The molecule has 4 heteroatoms. The quantitative estimate of drug-likeness (QED) is 0.883. The van der Waals surface area contributed by atoms with Gasteiger partial charge in [0.15, 0.2) is 0 Å². The highest BCUT2D eigenvalue weighted by molar-refractivity contribution is 9.10. The van der Waals surface area contributed by atoms with Crippen molar-refractivity contribution in [3.05, 3.63) is 58.1 Å². The van der Waals surface area contributed by atoms with E-state index in [1.165, 1.54) is 16.0 Å². The molecule has 1 aliphatic rings. The minimum absolute atomic E-state index is 0.115. The molecule has 1 aliphatic heterocycles. The van der Waals surface area contributed by atoms with Crippen LogP contribution in [0.15, 0.2) is 51.8 Å². The van der Waals surface area contributed by atoms with Crippen LogP contribution in [0.1, 0.15) is 17.0 Å². The molecule has 0 spiro atoms. The number of thioether (sulfide) groups is 1. The van der Waals surface area contributed by atoms with E-state index in [0.29, 0.717) is 5.92 Å². The van der Waals surface area contributed by atoms with Gasteiger partial charge >= 0.3 is 0 Å². The third-order valence-electron chi connectivity index (χ3n) is 3.96. The zero-order valence-corrected chi connectivity index (χ0v) is 14.3. The Balaban J connectivity index is 1.80. The molecule has 0 aromatic heterocycles. The van der Waals surface area contributed by atoms with Crippen molar-refractivity contribution in [1.82, 2.24) is 0 Å². The van der Waals surface area contributed by atoms with Gasteiger partial charge in [-0.15, -0.1) is 11.8 Å². The van der Waals surface area contributed by atoms with E-state index in [4.69, 9.17) is 10.5 Å². The predicted octanol–water partition coefficient (Wildman–Crippen LogP) is 4.22. The first-order chi connectivity index (χ1) is 10.2. The molecule has 0 saturated carbocycles. The van der Waals surface area contributed by atoms with E-state index in [-0.39, 0.29) is 6.04 Å². The summed E-state index contributed by atoms with van der Waals surface area (Å²) in [6, 6.07) is 14.8. The lowest BCUT2D eigenvalue weighted by atomic mass is 9.90. The average Bonchev–Trinajstić information content (AvgIpc) is 2.93. The predicted molar refractivity (Wildman–Crippen MR) is 92.3 cm³/mol. The highest BCUT2D eigenvalue weighted by atomic mass is 79.9. The van der Waals surface area contributed by atoms with Gasteiger partial charge in [0.25, 0.3) is 0 Å². The lowest BCUT2D eigenvalue weighted by Gasteiger charge is -2.20. The number of ether oxygens (including phenoxy) is 1. The monoisotopic (exact) mass is 363 g/mol. The van der Waals surface area contributed by atoms with E-state index in [9.17, 15) is 0 Å². The summed E-state index contributed by atoms with van der Waals surface area (Å²) in [5, 5.41) is 0. The van der Waals surface area contributed by atoms with E-state index in [1.807, 2.05) is 23.9 Å². The lowest BCUT2D eigenvalue weighted by Crippen LogP contribution is -2.31. The molecule has 2 aromatic carbocycles. The molecule has 2 aromatic rings. The number of fused-ring (bicyclic) bond motifs is 1. The van der Waals surface area contributed by atoms with E-state index in [1.54, 1.807) is 7.11 Å².